The van der Waals surface area contributed by atoms with Crippen molar-refractivity contribution >= 4 is 68.1 Å². The highest BCUT2D eigenvalue weighted by Gasteiger charge is 2.71. The van der Waals surface area contributed by atoms with Crippen molar-refractivity contribution in [3.05, 3.63) is 29.8 Å². The maximum atomic E-state index is 12.8. The Bertz CT molecular complexity index is 652. The van der Waals surface area contributed by atoms with E-state index in [2.05, 4.69) is 0 Å². The van der Waals surface area contributed by atoms with Gasteiger partial charge in [-0.25, -0.2) is 0 Å². The lowest BCUT2D eigenvalue weighted by Gasteiger charge is -2.62. The molecule has 2 aliphatic rings. The topological polar surface area (TPSA) is 43.1 Å². The standard InChI is InChI=1S/C12H8B6ClNO/c13-9(14)5-10(15,16)12(17)11(20,8(9)21)6-3-1-2-4-7(6)18(12)19/h1-4H,5,20H2. The van der Waals surface area contributed by atoms with Crippen LogP contribution in [0.1, 0.15) is 12.0 Å². The number of fused-ring (bicyclic) bond motifs is 3. The summed E-state index contributed by atoms with van der Waals surface area (Å²) in [6.07, 6.45) is -1.04. The fraction of sp³-hybridized carbons (Fsp3) is 0.417. The molecule has 0 bridgehead atoms. The third-order valence-electron chi connectivity index (χ3n) is 4.85. The summed E-state index contributed by atoms with van der Waals surface area (Å²) in [6.45, 7) is 0. The number of hydrogen-bond donors (Lipinski definition) is 1. The molecule has 0 aromatic heterocycles. The second kappa shape index (κ2) is 4.08. The van der Waals surface area contributed by atoms with Gasteiger partial charge in [-0.3, -0.25) is 4.79 Å². The van der Waals surface area contributed by atoms with Crippen molar-refractivity contribution in [3.8, 4) is 0 Å². The van der Waals surface area contributed by atoms with E-state index in [-0.39, 0.29) is 6.42 Å². The van der Waals surface area contributed by atoms with Gasteiger partial charge in [0.15, 0.2) is 0 Å². The zero-order chi connectivity index (χ0) is 15.8. The van der Waals surface area contributed by atoms with Crippen LogP contribution >= 0.6 is 11.5 Å². The smallest absolute Gasteiger partial charge is 0.282 e. The Labute approximate surface area is 136 Å². The minimum atomic E-state index is -1.77. The highest BCUT2D eigenvalue weighted by Crippen LogP contribution is 2.69. The number of rotatable bonds is 0. The van der Waals surface area contributed by atoms with Crippen molar-refractivity contribution in [3.63, 3.8) is 0 Å². The quantitative estimate of drug-likeness (QED) is 0.623. The molecule has 1 saturated carbocycles. The second-order valence-corrected chi connectivity index (χ2v) is 6.65. The molecule has 10 radical (unpaired) electrons. The summed E-state index contributed by atoms with van der Waals surface area (Å²) in [6, 6.07) is 6.92. The maximum Gasteiger partial charge on any atom is 0.282 e. The first-order valence-corrected chi connectivity index (χ1v) is 6.95. The van der Waals surface area contributed by atoms with Crippen molar-refractivity contribution in [2.24, 2.45) is 5.73 Å². The van der Waals surface area contributed by atoms with E-state index < -0.39 is 33.1 Å². The van der Waals surface area contributed by atoms with Crippen LogP contribution in [0.3, 0.4) is 0 Å². The average Bonchev–Trinajstić information content (AvgIpc) is 2.58. The number of hydrogen-bond acceptors (Lipinski definition) is 2. The van der Waals surface area contributed by atoms with Gasteiger partial charge in [-0.1, -0.05) is 36.1 Å². The molecule has 92 valence electrons. The summed E-state index contributed by atoms with van der Waals surface area (Å²) in [5.41, 5.74) is 5.77. The predicted molar refractivity (Wildman–Crippen MR) is 90.0 cm³/mol. The van der Waals surface area contributed by atoms with Crippen LogP contribution in [0.2, 0.25) is 15.6 Å². The van der Waals surface area contributed by atoms with Gasteiger partial charge in [0.05, 0.1) is 44.8 Å². The van der Waals surface area contributed by atoms with Gasteiger partial charge in [-0.15, -0.1) is 5.21 Å². The van der Waals surface area contributed by atoms with Gasteiger partial charge in [0.1, 0.15) is 5.78 Å². The summed E-state index contributed by atoms with van der Waals surface area (Å²) in [4.78, 5) is 12.8. The highest BCUT2D eigenvalue weighted by molar-refractivity contribution is 7.20. The number of nitrogens with two attached hydrogens (primary N) is 1. The van der Waals surface area contributed by atoms with Gasteiger partial charge < -0.3 is 5.73 Å². The van der Waals surface area contributed by atoms with Crippen molar-refractivity contribution in [2.45, 2.75) is 27.6 Å². The number of carbonyl (C=O) groups excluding carboxylic acids is 1. The number of benzene rings is 1. The zero-order valence-corrected chi connectivity index (χ0v) is 12.1. The van der Waals surface area contributed by atoms with Gasteiger partial charge in [-0.2, -0.15) is 11.5 Å². The van der Waals surface area contributed by atoms with E-state index in [1.165, 1.54) is 0 Å². The molecule has 2 atom stereocenters. The second-order valence-electron chi connectivity index (χ2n) is 6.21. The normalized spacial score (nSPS) is 36.1. The largest absolute Gasteiger partial charge is 0.316 e. The minimum absolute atomic E-state index is 0.217. The first-order chi connectivity index (χ1) is 9.50. The number of carbonyl (C=O) groups is 1. The van der Waals surface area contributed by atoms with Gasteiger partial charge in [-0.05, 0) is 16.0 Å². The van der Waals surface area contributed by atoms with Crippen molar-refractivity contribution in [1.82, 2.24) is 0 Å². The molecule has 1 aliphatic heterocycles. The predicted octanol–water partition coefficient (Wildman–Crippen LogP) is -0.963. The van der Waals surface area contributed by atoms with Crippen LogP contribution < -0.4 is 11.2 Å². The fourth-order valence-electron chi connectivity index (χ4n) is 3.74. The average molecular weight is 283 g/mol. The molecule has 3 rings (SSSR count). The molecule has 1 aromatic carbocycles. The molecule has 2 unspecified atom stereocenters. The van der Waals surface area contributed by atoms with E-state index >= 15 is 0 Å². The van der Waals surface area contributed by atoms with Gasteiger partial charge in [0.25, 0.3) is 6.13 Å². The lowest BCUT2D eigenvalue weighted by Crippen LogP contribution is -2.66. The lowest BCUT2D eigenvalue weighted by atomic mass is 9.15. The maximum absolute atomic E-state index is 12.8. The number of halogens is 1. The molecule has 9 heteroatoms. The molecule has 1 fully saturated rings. The Morgan fingerprint density at radius 1 is 1.14 bits per heavy atom. The van der Waals surface area contributed by atoms with Crippen molar-refractivity contribution in [2.75, 3.05) is 0 Å². The van der Waals surface area contributed by atoms with E-state index in [1.807, 2.05) is 0 Å². The lowest BCUT2D eigenvalue weighted by molar-refractivity contribution is -0.128. The van der Waals surface area contributed by atoms with E-state index in [0.29, 0.717) is 11.0 Å². The number of ketones is 1. The summed E-state index contributed by atoms with van der Waals surface area (Å²) < 4.78 is 0. The molecule has 1 aromatic rings. The Kier molecular flexibility index (Phi) is 3.00. The molecule has 1 aliphatic carbocycles. The summed E-state index contributed by atoms with van der Waals surface area (Å²) in [5.74, 6) is -0.611. The Balaban J connectivity index is 2.38. The molecule has 0 spiro atoms. The molecule has 2 nitrogen and oxygen atoms in total. The van der Waals surface area contributed by atoms with Crippen LogP contribution in [0, 0.1) is 0 Å². The summed E-state index contributed by atoms with van der Waals surface area (Å²) in [5, 5.41) is -4.97. The highest BCUT2D eigenvalue weighted by atomic mass is 35.5. The van der Waals surface area contributed by atoms with Crippen LogP contribution in [-0.2, 0) is 10.3 Å². The molecule has 0 amide bonds. The van der Waals surface area contributed by atoms with Crippen LogP contribution in [0.4, 0.5) is 0 Å². The monoisotopic (exact) mass is 283 g/mol. The SMILES string of the molecule is [B]C1([B])CC([B])([B])C2([B])B(Cl)c3ccccc3C2(N)C1=O. The third kappa shape index (κ3) is 1.53. The Hall–Kier alpha value is -0.470. The van der Waals surface area contributed by atoms with E-state index in [4.69, 9.17) is 56.4 Å². The zero-order valence-electron chi connectivity index (χ0n) is 11.3. The molecule has 21 heavy (non-hydrogen) atoms. The summed E-state index contributed by atoms with van der Waals surface area (Å²) in [7, 11) is 30.6. The van der Waals surface area contributed by atoms with E-state index in [9.17, 15) is 4.79 Å². The first kappa shape index (κ1) is 15.4. The Morgan fingerprint density at radius 2 is 1.71 bits per heavy atom. The van der Waals surface area contributed by atoms with Crippen molar-refractivity contribution in [1.29, 1.82) is 0 Å². The van der Waals surface area contributed by atoms with E-state index in [0.717, 1.165) is 0 Å². The number of Topliss-reactive ketones (excluding diaryl/α,β-unsaturated/α-hetero) is 1. The fourth-order valence-corrected chi connectivity index (χ4v) is 4.30. The third-order valence-corrected chi connectivity index (χ3v) is 5.43. The van der Waals surface area contributed by atoms with Gasteiger partial charge >= 0.3 is 0 Å². The van der Waals surface area contributed by atoms with Crippen LogP contribution in [-0.4, -0.2) is 51.1 Å². The minimum Gasteiger partial charge on any atom is -0.316 e. The van der Waals surface area contributed by atoms with E-state index in [1.54, 1.807) is 24.3 Å². The first-order valence-electron chi connectivity index (χ1n) is 6.52. The molecule has 1 heterocycles. The van der Waals surface area contributed by atoms with Gasteiger partial charge in [0.2, 0.25) is 0 Å². The molecular weight excluding hydrogens is 274 g/mol. The molecule has 0 saturated heterocycles. The summed E-state index contributed by atoms with van der Waals surface area (Å²) >= 11 is 6.49. The van der Waals surface area contributed by atoms with Crippen LogP contribution in [0.15, 0.2) is 24.3 Å². The van der Waals surface area contributed by atoms with Gasteiger partial charge in [0, 0.05) is 0 Å². The Morgan fingerprint density at radius 3 is 2.33 bits per heavy atom. The van der Waals surface area contributed by atoms with Crippen LogP contribution in [0.25, 0.3) is 0 Å². The molecule has 2 N–H and O–H groups in total. The molecular formula is C12H8B6ClNO. The van der Waals surface area contributed by atoms with Crippen LogP contribution in [0.5, 0.6) is 0 Å². The van der Waals surface area contributed by atoms with Crippen molar-refractivity contribution < 1.29 is 4.79 Å².